The van der Waals surface area contributed by atoms with Gasteiger partial charge in [0.15, 0.2) is 0 Å². The van der Waals surface area contributed by atoms with Gasteiger partial charge in [-0.15, -0.1) is 0 Å². The molecule has 1 aromatic carbocycles. The monoisotopic (exact) mass is 207 g/mol. The van der Waals surface area contributed by atoms with E-state index >= 15 is 0 Å². The van der Waals surface area contributed by atoms with Crippen LogP contribution in [0.2, 0.25) is 0 Å². The summed E-state index contributed by atoms with van der Waals surface area (Å²) >= 11 is 0. The number of ether oxygens (including phenoxy) is 2. The summed E-state index contributed by atoms with van der Waals surface area (Å²) in [5.41, 5.74) is 6.97. The van der Waals surface area contributed by atoms with Crippen LogP contribution in [0.15, 0.2) is 18.2 Å². The lowest BCUT2D eigenvalue weighted by atomic mass is 9.94. The van der Waals surface area contributed by atoms with E-state index in [0.29, 0.717) is 12.5 Å². The molecule has 0 fully saturated rings. The quantitative estimate of drug-likeness (QED) is 0.805. The number of benzene rings is 1. The van der Waals surface area contributed by atoms with Crippen molar-refractivity contribution >= 4 is 0 Å². The molecule has 15 heavy (non-hydrogen) atoms. The smallest absolute Gasteiger partial charge is 0.123 e. The van der Waals surface area contributed by atoms with Gasteiger partial charge in [0.2, 0.25) is 0 Å². The third-order valence-electron chi connectivity index (χ3n) is 2.90. The van der Waals surface area contributed by atoms with E-state index in [2.05, 4.69) is 0 Å². The number of hydrogen-bond donors (Lipinski definition) is 1. The predicted molar refractivity (Wildman–Crippen MR) is 59.5 cm³/mol. The summed E-state index contributed by atoms with van der Waals surface area (Å²) in [6, 6.07) is 5.94. The van der Waals surface area contributed by atoms with E-state index in [-0.39, 0.29) is 0 Å². The molecule has 3 heteroatoms. The molecule has 1 unspecified atom stereocenters. The molecule has 0 spiro atoms. The molecule has 82 valence electrons. The van der Waals surface area contributed by atoms with Crippen molar-refractivity contribution in [1.29, 1.82) is 0 Å². The molecule has 1 atom stereocenters. The lowest BCUT2D eigenvalue weighted by Gasteiger charge is -2.15. The second-order valence-electron chi connectivity index (χ2n) is 3.83. The van der Waals surface area contributed by atoms with Crippen molar-refractivity contribution in [3.8, 4) is 11.5 Å². The highest BCUT2D eigenvalue weighted by atomic mass is 16.5. The van der Waals surface area contributed by atoms with Gasteiger partial charge in [-0.1, -0.05) is 0 Å². The third kappa shape index (κ3) is 2.07. The maximum absolute atomic E-state index is 5.78. The van der Waals surface area contributed by atoms with Crippen LogP contribution < -0.4 is 15.2 Å². The number of rotatable bonds is 2. The normalized spacial score (nSPS) is 20.0. The van der Waals surface area contributed by atoms with Gasteiger partial charge in [0.05, 0.1) is 13.7 Å². The van der Waals surface area contributed by atoms with Gasteiger partial charge in [-0.05, 0) is 37.6 Å². The van der Waals surface area contributed by atoms with E-state index in [1.807, 2.05) is 18.2 Å². The summed E-state index contributed by atoms with van der Waals surface area (Å²) in [6.07, 6.45) is 2.16. The van der Waals surface area contributed by atoms with Gasteiger partial charge in [-0.2, -0.15) is 0 Å². The van der Waals surface area contributed by atoms with E-state index in [0.717, 1.165) is 30.9 Å². The fraction of sp³-hybridized carbons (Fsp3) is 0.500. The third-order valence-corrected chi connectivity index (χ3v) is 2.90. The van der Waals surface area contributed by atoms with Gasteiger partial charge in [0.25, 0.3) is 0 Å². The number of nitrogens with two attached hydrogens (primary N) is 1. The summed E-state index contributed by atoms with van der Waals surface area (Å²) in [6.45, 7) is 1.46. The van der Waals surface area contributed by atoms with Crippen LogP contribution in [-0.4, -0.2) is 20.3 Å². The first kappa shape index (κ1) is 10.3. The highest BCUT2D eigenvalue weighted by Crippen LogP contribution is 2.34. The van der Waals surface area contributed by atoms with Crippen molar-refractivity contribution in [2.45, 2.75) is 18.8 Å². The predicted octanol–water partition coefficient (Wildman–Crippen LogP) is 1.91. The Morgan fingerprint density at radius 1 is 1.53 bits per heavy atom. The average molecular weight is 207 g/mol. The molecule has 2 N–H and O–H groups in total. The minimum absolute atomic E-state index is 0.401. The summed E-state index contributed by atoms with van der Waals surface area (Å²) in [5, 5.41) is 0. The second kappa shape index (κ2) is 4.53. The van der Waals surface area contributed by atoms with Crippen LogP contribution in [0.1, 0.15) is 24.3 Å². The Balaban J connectivity index is 2.38. The Morgan fingerprint density at radius 3 is 3.13 bits per heavy atom. The fourth-order valence-corrected chi connectivity index (χ4v) is 2.02. The molecule has 0 saturated carbocycles. The van der Waals surface area contributed by atoms with Crippen molar-refractivity contribution < 1.29 is 9.47 Å². The zero-order chi connectivity index (χ0) is 10.7. The maximum atomic E-state index is 5.78. The van der Waals surface area contributed by atoms with Crippen LogP contribution in [0.5, 0.6) is 11.5 Å². The largest absolute Gasteiger partial charge is 0.497 e. The van der Waals surface area contributed by atoms with Gasteiger partial charge in [0.1, 0.15) is 11.5 Å². The fourth-order valence-electron chi connectivity index (χ4n) is 2.02. The minimum atomic E-state index is 0.401. The van der Waals surface area contributed by atoms with Gasteiger partial charge in [-0.3, -0.25) is 0 Å². The molecule has 0 saturated heterocycles. The number of hydrogen-bond acceptors (Lipinski definition) is 3. The Bertz CT molecular complexity index is 338. The first-order valence-corrected chi connectivity index (χ1v) is 5.36. The molecule has 0 bridgehead atoms. The molecule has 1 heterocycles. The Hall–Kier alpha value is -1.22. The number of methoxy groups -OCH3 is 1. The van der Waals surface area contributed by atoms with Crippen LogP contribution >= 0.6 is 0 Å². The standard InChI is InChI=1S/C12H17NO2/c1-14-10-4-5-12-11(7-10)9(8-13)3-2-6-15-12/h4-5,7,9H,2-3,6,8,13H2,1H3. The molecular formula is C12H17NO2. The summed E-state index contributed by atoms with van der Waals surface area (Å²) in [7, 11) is 1.68. The Labute approximate surface area is 90.2 Å². The molecule has 3 nitrogen and oxygen atoms in total. The van der Waals surface area contributed by atoms with Crippen molar-refractivity contribution in [2.75, 3.05) is 20.3 Å². The molecule has 1 aliphatic heterocycles. The molecule has 0 radical (unpaired) electrons. The SMILES string of the molecule is COc1ccc2c(c1)C(CN)CCCO2. The van der Waals surface area contributed by atoms with Crippen molar-refractivity contribution in [3.63, 3.8) is 0 Å². The van der Waals surface area contributed by atoms with Crippen LogP contribution in [0.3, 0.4) is 0 Å². The zero-order valence-corrected chi connectivity index (χ0v) is 9.03. The van der Waals surface area contributed by atoms with Crippen molar-refractivity contribution in [2.24, 2.45) is 5.73 Å². The lowest BCUT2D eigenvalue weighted by molar-refractivity contribution is 0.315. The molecule has 1 aromatic rings. The van der Waals surface area contributed by atoms with Crippen LogP contribution in [0, 0.1) is 0 Å². The Morgan fingerprint density at radius 2 is 2.40 bits per heavy atom. The maximum Gasteiger partial charge on any atom is 0.123 e. The molecule has 0 aromatic heterocycles. The summed E-state index contributed by atoms with van der Waals surface area (Å²) < 4.78 is 10.9. The zero-order valence-electron chi connectivity index (χ0n) is 9.03. The molecule has 1 aliphatic rings. The van der Waals surface area contributed by atoms with Gasteiger partial charge >= 0.3 is 0 Å². The van der Waals surface area contributed by atoms with Crippen LogP contribution in [0.25, 0.3) is 0 Å². The molecule has 2 rings (SSSR count). The Kier molecular flexibility index (Phi) is 3.11. The van der Waals surface area contributed by atoms with E-state index < -0.39 is 0 Å². The molecular weight excluding hydrogens is 190 g/mol. The van der Waals surface area contributed by atoms with Crippen LogP contribution in [0.4, 0.5) is 0 Å². The average Bonchev–Trinajstić information content (AvgIpc) is 2.49. The number of fused-ring (bicyclic) bond motifs is 1. The molecule has 0 aliphatic carbocycles. The second-order valence-corrected chi connectivity index (χ2v) is 3.83. The van der Waals surface area contributed by atoms with Crippen LogP contribution in [-0.2, 0) is 0 Å². The van der Waals surface area contributed by atoms with E-state index in [4.69, 9.17) is 15.2 Å². The van der Waals surface area contributed by atoms with Gasteiger partial charge in [-0.25, -0.2) is 0 Å². The lowest BCUT2D eigenvalue weighted by Crippen LogP contribution is -2.11. The van der Waals surface area contributed by atoms with Gasteiger partial charge in [0, 0.05) is 11.5 Å². The first-order valence-electron chi connectivity index (χ1n) is 5.36. The van der Waals surface area contributed by atoms with E-state index in [1.165, 1.54) is 5.56 Å². The first-order chi connectivity index (χ1) is 7.35. The van der Waals surface area contributed by atoms with Gasteiger partial charge < -0.3 is 15.2 Å². The van der Waals surface area contributed by atoms with Crippen molar-refractivity contribution in [1.82, 2.24) is 0 Å². The topological polar surface area (TPSA) is 44.5 Å². The summed E-state index contributed by atoms with van der Waals surface area (Å²) in [4.78, 5) is 0. The minimum Gasteiger partial charge on any atom is -0.497 e. The van der Waals surface area contributed by atoms with E-state index in [9.17, 15) is 0 Å². The van der Waals surface area contributed by atoms with E-state index in [1.54, 1.807) is 7.11 Å². The summed E-state index contributed by atoms with van der Waals surface area (Å²) in [5.74, 6) is 2.24. The van der Waals surface area contributed by atoms with Crippen molar-refractivity contribution in [3.05, 3.63) is 23.8 Å². The highest BCUT2D eigenvalue weighted by Gasteiger charge is 2.18. The highest BCUT2D eigenvalue weighted by molar-refractivity contribution is 5.43. The molecule has 0 amide bonds.